The summed E-state index contributed by atoms with van der Waals surface area (Å²) in [5.74, 6) is 0.818. The predicted molar refractivity (Wildman–Crippen MR) is 111 cm³/mol. The third-order valence-corrected chi connectivity index (χ3v) is 5.46. The Morgan fingerprint density at radius 2 is 1.54 bits per heavy atom. The molecule has 154 valence electrons. The topological polar surface area (TPSA) is 83.8 Å². The summed E-state index contributed by atoms with van der Waals surface area (Å²) in [5.41, 5.74) is 0.979. The molecule has 0 amide bonds. The zero-order chi connectivity index (χ0) is 20.4. The van der Waals surface area contributed by atoms with E-state index in [1.54, 1.807) is 12.1 Å². The van der Waals surface area contributed by atoms with Gasteiger partial charge in [0.25, 0.3) is 10.1 Å². The summed E-state index contributed by atoms with van der Waals surface area (Å²) < 4.78 is 37.3. The Kier molecular flexibility index (Phi) is 8.80. The molecule has 0 aromatic heterocycles. The Bertz CT molecular complexity index is 846. The lowest BCUT2D eigenvalue weighted by molar-refractivity contribution is 0.451. The maximum Gasteiger partial charge on any atom is 0.294 e. The first-order valence-electron chi connectivity index (χ1n) is 9.97. The van der Waals surface area contributed by atoms with Gasteiger partial charge in [0.1, 0.15) is 17.2 Å². The van der Waals surface area contributed by atoms with Crippen LogP contribution >= 0.6 is 0 Å². The van der Waals surface area contributed by atoms with Crippen LogP contribution in [0, 0.1) is 0 Å². The summed E-state index contributed by atoms with van der Waals surface area (Å²) in [6, 6.07) is 10.7. The molecule has 0 saturated carbocycles. The van der Waals surface area contributed by atoms with Crippen molar-refractivity contribution in [3.63, 3.8) is 0 Å². The van der Waals surface area contributed by atoms with Crippen LogP contribution in [-0.2, 0) is 16.5 Å². The predicted octanol–water partition coefficient (Wildman–Crippen LogP) is 6.11. The Hall–Kier alpha value is -2.05. The highest BCUT2D eigenvalue weighted by molar-refractivity contribution is 7.85. The van der Waals surface area contributed by atoms with Crippen molar-refractivity contribution in [2.45, 2.75) is 69.6 Å². The number of benzene rings is 2. The zero-order valence-corrected chi connectivity index (χ0v) is 17.2. The van der Waals surface area contributed by atoms with Crippen LogP contribution in [0.1, 0.15) is 63.9 Å². The molecule has 2 aromatic rings. The number of aryl methyl sites for hydroxylation is 1. The van der Waals surface area contributed by atoms with E-state index < -0.39 is 10.1 Å². The van der Waals surface area contributed by atoms with E-state index in [9.17, 15) is 13.5 Å². The standard InChI is InChI=1S/C22H30O5S/c1-2-3-4-5-6-7-8-9-11-18-14-19(23)16-21(15-18)27-20-12-10-13-22(17-20)28(24,25)26/h10,12-17,23H,2-9,11H2,1H3,(H,24,25,26). The number of aromatic hydroxyl groups is 1. The molecule has 2 N–H and O–H groups in total. The van der Waals surface area contributed by atoms with Crippen molar-refractivity contribution in [1.29, 1.82) is 0 Å². The largest absolute Gasteiger partial charge is 0.508 e. The second kappa shape index (κ2) is 11.1. The average molecular weight is 407 g/mol. The van der Waals surface area contributed by atoms with Gasteiger partial charge in [0.15, 0.2) is 0 Å². The zero-order valence-electron chi connectivity index (χ0n) is 16.4. The van der Waals surface area contributed by atoms with Gasteiger partial charge >= 0.3 is 0 Å². The lowest BCUT2D eigenvalue weighted by atomic mass is 10.0. The van der Waals surface area contributed by atoms with Crippen LogP contribution in [0.4, 0.5) is 0 Å². The van der Waals surface area contributed by atoms with E-state index in [1.165, 1.54) is 62.8 Å². The smallest absolute Gasteiger partial charge is 0.294 e. The highest BCUT2D eigenvalue weighted by atomic mass is 32.2. The third-order valence-electron chi connectivity index (χ3n) is 4.61. The fourth-order valence-corrected chi connectivity index (χ4v) is 3.66. The van der Waals surface area contributed by atoms with Gasteiger partial charge < -0.3 is 9.84 Å². The first kappa shape index (κ1) is 22.2. The third kappa shape index (κ3) is 7.90. The van der Waals surface area contributed by atoms with Crippen LogP contribution in [0.5, 0.6) is 17.2 Å². The number of unbranched alkanes of at least 4 members (excludes halogenated alkanes) is 7. The average Bonchev–Trinajstić information content (AvgIpc) is 2.63. The van der Waals surface area contributed by atoms with Gasteiger partial charge in [-0.25, -0.2) is 0 Å². The van der Waals surface area contributed by atoms with Crippen molar-refractivity contribution in [1.82, 2.24) is 0 Å². The first-order valence-corrected chi connectivity index (χ1v) is 11.4. The van der Waals surface area contributed by atoms with Crippen molar-refractivity contribution in [3.8, 4) is 17.2 Å². The molecule has 0 fully saturated rings. The lowest BCUT2D eigenvalue weighted by Crippen LogP contribution is -1.98. The Morgan fingerprint density at radius 1 is 0.857 bits per heavy atom. The van der Waals surface area contributed by atoms with Crippen LogP contribution in [0.3, 0.4) is 0 Å². The lowest BCUT2D eigenvalue weighted by Gasteiger charge is -2.10. The van der Waals surface area contributed by atoms with Crippen LogP contribution in [0.2, 0.25) is 0 Å². The molecule has 0 spiro atoms. The normalized spacial score (nSPS) is 11.5. The summed E-state index contributed by atoms with van der Waals surface area (Å²) >= 11 is 0. The quantitative estimate of drug-likeness (QED) is 0.328. The number of phenols is 1. The number of rotatable bonds is 12. The summed E-state index contributed by atoms with van der Waals surface area (Å²) in [6.07, 6.45) is 10.8. The van der Waals surface area contributed by atoms with Gasteiger partial charge in [-0.05, 0) is 42.7 Å². The van der Waals surface area contributed by atoms with Crippen LogP contribution in [-0.4, -0.2) is 18.1 Å². The summed E-state index contributed by atoms with van der Waals surface area (Å²) in [4.78, 5) is -0.232. The first-order chi connectivity index (χ1) is 13.4. The van der Waals surface area contributed by atoms with Crippen LogP contribution in [0.15, 0.2) is 47.4 Å². The molecule has 5 nitrogen and oxygen atoms in total. The monoisotopic (exact) mass is 406 g/mol. The molecule has 0 heterocycles. The van der Waals surface area contributed by atoms with E-state index in [-0.39, 0.29) is 16.4 Å². The minimum Gasteiger partial charge on any atom is -0.508 e. The van der Waals surface area contributed by atoms with E-state index in [2.05, 4.69) is 6.92 Å². The number of ether oxygens (including phenoxy) is 1. The SMILES string of the molecule is CCCCCCCCCCc1cc(O)cc(Oc2cccc(S(=O)(=O)O)c2)c1. The molecule has 0 aliphatic carbocycles. The van der Waals surface area contributed by atoms with E-state index in [0.717, 1.165) is 24.8 Å². The van der Waals surface area contributed by atoms with Gasteiger partial charge in [-0.15, -0.1) is 0 Å². The van der Waals surface area contributed by atoms with E-state index >= 15 is 0 Å². The second-order valence-electron chi connectivity index (χ2n) is 7.11. The minimum atomic E-state index is -4.29. The van der Waals surface area contributed by atoms with Gasteiger partial charge in [0.05, 0.1) is 4.90 Å². The minimum absolute atomic E-state index is 0.109. The van der Waals surface area contributed by atoms with Gasteiger partial charge in [0.2, 0.25) is 0 Å². The molecule has 0 aliphatic heterocycles. The van der Waals surface area contributed by atoms with E-state index in [1.807, 2.05) is 6.07 Å². The van der Waals surface area contributed by atoms with Crippen molar-refractivity contribution < 1.29 is 22.8 Å². The van der Waals surface area contributed by atoms with Crippen molar-refractivity contribution >= 4 is 10.1 Å². The molecule has 2 rings (SSSR count). The Morgan fingerprint density at radius 3 is 2.21 bits per heavy atom. The fourth-order valence-electron chi connectivity index (χ4n) is 3.14. The van der Waals surface area contributed by atoms with Crippen molar-refractivity contribution in [3.05, 3.63) is 48.0 Å². The fraction of sp³-hybridized carbons (Fsp3) is 0.455. The summed E-state index contributed by atoms with van der Waals surface area (Å²) in [5, 5.41) is 9.96. The molecule has 28 heavy (non-hydrogen) atoms. The van der Waals surface area contributed by atoms with Gasteiger partial charge in [-0.1, -0.05) is 57.9 Å². The maximum absolute atomic E-state index is 11.3. The second-order valence-corrected chi connectivity index (χ2v) is 8.53. The Labute approximate surface area is 168 Å². The van der Waals surface area contributed by atoms with Crippen molar-refractivity contribution in [2.24, 2.45) is 0 Å². The van der Waals surface area contributed by atoms with Crippen LogP contribution in [0.25, 0.3) is 0 Å². The van der Waals surface area contributed by atoms with E-state index in [0.29, 0.717) is 5.75 Å². The van der Waals surface area contributed by atoms with Crippen LogP contribution < -0.4 is 4.74 Å². The van der Waals surface area contributed by atoms with Gasteiger partial charge in [0, 0.05) is 12.1 Å². The van der Waals surface area contributed by atoms with Gasteiger partial charge in [-0.3, -0.25) is 4.55 Å². The molecule has 0 atom stereocenters. The molecular weight excluding hydrogens is 376 g/mol. The highest BCUT2D eigenvalue weighted by Gasteiger charge is 2.11. The molecule has 0 aliphatic rings. The van der Waals surface area contributed by atoms with Gasteiger partial charge in [-0.2, -0.15) is 8.42 Å². The number of phenolic OH excluding ortho intramolecular Hbond substituents is 1. The highest BCUT2D eigenvalue weighted by Crippen LogP contribution is 2.29. The molecule has 0 bridgehead atoms. The molecule has 6 heteroatoms. The molecule has 0 unspecified atom stereocenters. The summed E-state index contributed by atoms with van der Waals surface area (Å²) in [6.45, 7) is 2.22. The molecule has 0 saturated heterocycles. The van der Waals surface area contributed by atoms with Crippen molar-refractivity contribution in [2.75, 3.05) is 0 Å². The molecule has 2 aromatic carbocycles. The van der Waals surface area contributed by atoms with E-state index in [4.69, 9.17) is 9.29 Å². The summed E-state index contributed by atoms with van der Waals surface area (Å²) in [7, 11) is -4.29. The molecule has 0 radical (unpaired) electrons. The Balaban J connectivity index is 1.89. The maximum atomic E-state index is 11.3. The number of hydrogen-bond donors (Lipinski definition) is 2. The number of hydrogen-bond acceptors (Lipinski definition) is 4. The molecular formula is C22H30O5S.